The summed E-state index contributed by atoms with van der Waals surface area (Å²) in [4.78, 5) is 25.1. The van der Waals surface area contributed by atoms with Crippen LogP contribution in [-0.2, 0) is 16.1 Å². The Balaban J connectivity index is 2.05. The van der Waals surface area contributed by atoms with Gasteiger partial charge in [0, 0.05) is 7.05 Å². The van der Waals surface area contributed by atoms with E-state index in [-0.39, 0.29) is 5.91 Å². The van der Waals surface area contributed by atoms with Crippen molar-refractivity contribution in [3.63, 3.8) is 0 Å². The highest BCUT2D eigenvalue weighted by molar-refractivity contribution is 9.10. The molecule has 2 atom stereocenters. The number of nitrogens with zero attached hydrogens (tertiary/aromatic N) is 1. The molecule has 20 heavy (non-hydrogen) atoms. The topological polar surface area (TPSA) is 70.8 Å². The van der Waals surface area contributed by atoms with Crippen LogP contribution in [0.1, 0.15) is 18.6 Å². The summed E-state index contributed by atoms with van der Waals surface area (Å²) < 4.78 is 5.97. The summed E-state index contributed by atoms with van der Waals surface area (Å²) in [6, 6.07) is 3.54. The van der Waals surface area contributed by atoms with E-state index in [1.54, 1.807) is 19.2 Å². The maximum Gasteiger partial charge on any atom is 0.307 e. The fraction of sp³-hybridized carbons (Fsp3) is 0.429. The molecule has 1 N–H and O–H groups in total. The molecule has 0 saturated heterocycles. The van der Waals surface area contributed by atoms with Gasteiger partial charge in [0.25, 0.3) is 0 Å². The van der Waals surface area contributed by atoms with Crippen molar-refractivity contribution in [2.75, 3.05) is 7.05 Å². The number of carbonyl (C=O) groups excluding carboxylic acids is 1. The summed E-state index contributed by atoms with van der Waals surface area (Å²) in [5, 5.41) is 9.20. The molecule has 0 fully saturated rings. The van der Waals surface area contributed by atoms with E-state index in [0.29, 0.717) is 29.8 Å². The highest BCUT2D eigenvalue weighted by Crippen LogP contribution is 2.28. The second-order valence-electron chi connectivity index (χ2n) is 4.89. The third-order valence-electron chi connectivity index (χ3n) is 3.46. The van der Waals surface area contributed by atoms with Gasteiger partial charge < -0.3 is 14.4 Å². The predicted octanol–water partition coefficient (Wildman–Crippen LogP) is 2.67. The van der Waals surface area contributed by atoms with Gasteiger partial charge in [0.1, 0.15) is 5.76 Å². The van der Waals surface area contributed by atoms with Gasteiger partial charge in [-0.2, -0.15) is 0 Å². The third kappa shape index (κ3) is 3.30. The predicted molar refractivity (Wildman–Crippen MR) is 75.9 cm³/mol. The number of allylic oxidation sites excluding steroid dienone is 2. The van der Waals surface area contributed by atoms with Crippen molar-refractivity contribution in [2.45, 2.75) is 19.4 Å². The lowest BCUT2D eigenvalue weighted by molar-refractivity contribution is -0.150. The van der Waals surface area contributed by atoms with E-state index in [4.69, 9.17) is 4.42 Å². The van der Waals surface area contributed by atoms with E-state index < -0.39 is 17.8 Å². The average molecular weight is 342 g/mol. The van der Waals surface area contributed by atoms with Gasteiger partial charge in [-0.15, -0.1) is 0 Å². The summed E-state index contributed by atoms with van der Waals surface area (Å²) in [5.74, 6) is -1.55. The largest absolute Gasteiger partial charge is 0.481 e. The first-order valence-corrected chi connectivity index (χ1v) is 7.15. The van der Waals surface area contributed by atoms with Crippen LogP contribution in [0.2, 0.25) is 0 Å². The Morgan fingerprint density at radius 3 is 2.55 bits per heavy atom. The van der Waals surface area contributed by atoms with Crippen LogP contribution in [0.3, 0.4) is 0 Å². The van der Waals surface area contributed by atoms with Gasteiger partial charge in [0.2, 0.25) is 5.91 Å². The highest BCUT2D eigenvalue weighted by Gasteiger charge is 2.35. The van der Waals surface area contributed by atoms with Crippen molar-refractivity contribution in [2.24, 2.45) is 11.8 Å². The Morgan fingerprint density at radius 1 is 1.35 bits per heavy atom. The highest BCUT2D eigenvalue weighted by atomic mass is 79.9. The van der Waals surface area contributed by atoms with Crippen LogP contribution in [0.5, 0.6) is 0 Å². The molecule has 1 heterocycles. The molecule has 0 saturated carbocycles. The number of furan rings is 1. The van der Waals surface area contributed by atoms with Gasteiger partial charge in [0.15, 0.2) is 4.67 Å². The second-order valence-corrected chi connectivity index (χ2v) is 5.68. The molecular formula is C14H16BrNO4. The standard InChI is InChI=1S/C14H16BrNO4/c1-16(8-9-6-7-12(15)20-9)13(17)10-4-2-3-5-11(10)14(18)19/h2-3,6-7,10-11H,4-5,8H2,1H3,(H,18,19)/t10-,11+/m1/s1. The quantitative estimate of drug-likeness (QED) is 0.854. The smallest absolute Gasteiger partial charge is 0.307 e. The summed E-state index contributed by atoms with van der Waals surface area (Å²) in [5.41, 5.74) is 0. The molecule has 1 aliphatic rings. The monoisotopic (exact) mass is 341 g/mol. The normalized spacial score (nSPS) is 21.7. The molecule has 1 aromatic rings. The maximum absolute atomic E-state index is 12.4. The number of rotatable bonds is 4. The number of halogens is 1. The molecule has 1 aromatic heterocycles. The lowest BCUT2D eigenvalue weighted by Gasteiger charge is -2.28. The van der Waals surface area contributed by atoms with E-state index >= 15 is 0 Å². The Bertz CT molecular complexity index is 537. The summed E-state index contributed by atoms with van der Waals surface area (Å²) in [7, 11) is 1.66. The van der Waals surface area contributed by atoms with Crippen LogP contribution in [0.15, 0.2) is 33.4 Å². The lowest BCUT2D eigenvalue weighted by atomic mass is 9.82. The van der Waals surface area contributed by atoms with E-state index in [1.165, 1.54) is 4.90 Å². The summed E-state index contributed by atoms with van der Waals surface area (Å²) in [6.45, 7) is 0.330. The Kier molecular flexibility index (Phi) is 4.65. The van der Waals surface area contributed by atoms with Gasteiger partial charge >= 0.3 is 5.97 Å². The molecule has 6 heteroatoms. The van der Waals surface area contributed by atoms with Gasteiger partial charge in [-0.05, 0) is 40.9 Å². The number of carboxylic acid groups (broad SMARTS) is 1. The number of carboxylic acids is 1. The molecule has 0 spiro atoms. The average Bonchev–Trinajstić information content (AvgIpc) is 2.83. The Morgan fingerprint density at radius 2 is 2.00 bits per heavy atom. The van der Waals surface area contributed by atoms with Crippen LogP contribution in [0.25, 0.3) is 0 Å². The number of amides is 1. The van der Waals surface area contributed by atoms with Crippen LogP contribution in [0, 0.1) is 11.8 Å². The van der Waals surface area contributed by atoms with Gasteiger partial charge in [-0.1, -0.05) is 12.2 Å². The minimum absolute atomic E-state index is 0.158. The molecule has 5 nitrogen and oxygen atoms in total. The van der Waals surface area contributed by atoms with Crippen LogP contribution < -0.4 is 0 Å². The van der Waals surface area contributed by atoms with E-state index in [2.05, 4.69) is 15.9 Å². The molecule has 2 rings (SSSR count). The zero-order valence-corrected chi connectivity index (χ0v) is 12.7. The van der Waals surface area contributed by atoms with Crippen molar-refractivity contribution in [1.82, 2.24) is 4.90 Å². The molecule has 0 aliphatic heterocycles. The summed E-state index contributed by atoms with van der Waals surface area (Å²) >= 11 is 3.21. The van der Waals surface area contributed by atoms with Gasteiger partial charge in [-0.3, -0.25) is 9.59 Å². The number of aliphatic carboxylic acids is 1. The fourth-order valence-corrected chi connectivity index (χ4v) is 2.73. The Hall–Kier alpha value is -1.56. The number of carbonyl (C=O) groups is 2. The first kappa shape index (κ1) is 14.8. The number of hydrogen-bond donors (Lipinski definition) is 1. The molecule has 108 valence electrons. The van der Waals surface area contributed by atoms with Crippen molar-refractivity contribution >= 4 is 27.8 Å². The summed E-state index contributed by atoms with van der Waals surface area (Å²) in [6.07, 6.45) is 4.58. The molecule has 0 bridgehead atoms. The lowest BCUT2D eigenvalue weighted by Crippen LogP contribution is -2.39. The van der Waals surface area contributed by atoms with Crippen LogP contribution in [0.4, 0.5) is 0 Å². The van der Waals surface area contributed by atoms with Gasteiger partial charge in [0.05, 0.1) is 18.4 Å². The molecular weight excluding hydrogens is 326 g/mol. The number of hydrogen-bond acceptors (Lipinski definition) is 3. The van der Waals surface area contributed by atoms with Crippen molar-refractivity contribution in [3.8, 4) is 0 Å². The van der Waals surface area contributed by atoms with Crippen LogP contribution >= 0.6 is 15.9 Å². The molecule has 0 unspecified atom stereocenters. The minimum Gasteiger partial charge on any atom is -0.481 e. The van der Waals surface area contributed by atoms with Crippen molar-refractivity contribution < 1.29 is 19.1 Å². The molecule has 0 radical (unpaired) electrons. The zero-order valence-electron chi connectivity index (χ0n) is 11.1. The van der Waals surface area contributed by atoms with E-state index in [9.17, 15) is 14.7 Å². The van der Waals surface area contributed by atoms with Crippen LogP contribution in [-0.4, -0.2) is 28.9 Å². The van der Waals surface area contributed by atoms with Gasteiger partial charge in [-0.25, -0.2) is 0 Å². The minimum atomic E-state index is -0.915. The zero-order chi connectivity index (χ0) is 14.7. The second kappa shape index (κ2) is 6.26. The molecule has 0 aromatic carbocycles. The van der Waals surface area contributed by atoms with Crippen molar-refractivity contribution in [3.05, 3.63) is 34.7 Å². The fourth-order valence-electron chi connectivity index (χ4n) is 2.39. The maximum atomic E-state index is 12.4. The molecule has 1 amide bonds. The third-order valence-corrected chi connectivity index (χ3v) is 3.89. The Labute approximate surface area is 125 Å². The SMILES string of the molecule is CN(Cc1ccc(Br)o1)C(=O)[C@@H]1CC=CC[C@@H]1C(=O)O. The molecule has 1 aliphatic carbocycles. The first-order valence-electron chi connectivity index (χ1n) is 6.36. The van der Waals surface area contributed by atoms with Crippen molar-refractivity contribution in [1.29, 1.82) is 0 Å². The first-order chi connectivity index (χ1) is 9.49. The van der Waals surface area contributed by atoms with E-state index in [0.717, 1.165) is 0 Å². The van der Waals surface area contributed by atoms with E-state index in [1.807, 2.05) is 12.2 Å².